The van der Waals surface area contributed by atoms with Gasteiger partial charge in [0.1, 0.15) is 0 Å². The fourth-order valence-corrected chi connectivity index (χ4v) is 3.69. The molecule has 0 aromatic carbocycles. The summed E-state index contributed by atoms with van der Waals surface area (Å²) in [6, 6.07) is 0. The standard InChI is InChI=1S/C10H17N3O5S/c1-17-8-4-13(5-9(8)18-2)19(15,16)10-7(6-14)3-11-12-10/h3,8-9,14H,4-6H2,1-2H3,(H,11,12). The number of aliphatic hydroxyl groups excluding tert-OH is 1. The molecule has 0 radical (unpaired) electrons. The van der Waals surface area contributed by atoms with Crippen LogP contribution in [-0.4, -0.2) is 67.5 Å². The number of aliphatic hydroxyl groups is 1. The monoisotopic (exact) mass is 291 g/mol. The quantitative estimate of drug-likeness (QED) is 0.716. The first-order valence-electron chi connectivity index (χ1n) is 5.73. The maximum atomic E-state index is 12.4. The van der Waals surface area contributed by atoms with Crippen LogP contribution in [0.5, 0.6) is 0 Å². The molecule has 1 aliphatic rings. The van der Waals surface area contributed by atoms with Gasteiger partial charge in [-0.3, -0.25) is 5.10 Å². The summed E-state index contributed by atoms with van der Waals surface area (Å²) in [6.07, 6.45) is 0.686. The normalized spacial score (nSPS) is 25.0. The second-order valence-electron chi connectivity index (χ2n) is 4.25. The Morgan fingerprint density at radius 1 is 1.42 bits per heavy atom. The lowest BCUT2D eigenvalue weighted by Crippen LogP contribution is -2.31. The Hall–Kier alpha value is -1.00. The lowest BCUT2D eigenvalue weighted by atomic mass is 10.3. The maximum absolute atomic E-state index is 12.4. The number of ether oxygens (including phenoxy) is 2. The Labute approximate surface area is 111 Å². The van der Waals surface area contributed by atoms with E-state index in [1.165, 1.54) is 24.7 Å². The van der Waals surface area contributed by atoms with Gasteiger partial charge in [0.2, 0.25) is 0 Å². The van der Waals surface area contributed by atoms with Crippen molar-refractivity contribution in [2.45, 2.75) is 23.8 Å². The number of aromatic amines is 1. The Bertz CT molecular complexity index is 517. The van der Waals surface area contributed by atoms with Gasteiger partial charge in [0, 0.05) is 32.9 Å². The minimum atomic E-state index is -3.73. The molecule has 2 unspecified atom stereocenters. The fraction of sp³-hybridized carbons (Fsp3) is 0.700. The molecule has 8 nitrogen and oxygen atoms in total. The van der Waals surface area contributed by atoms with Crippen LogP contribution in [0, 0.1) is 0 Å². The Morgan fingerprint density at radius 3 is 2.47 bits per heavy atom. The zero-order valence-corrected chi connectivity index (χ0v) is 11.6. The van der Waals surface area contributed by atoms with Gasteiger partial charge in [-0.15, -0.1) is 0 Å². The van der Waals surface area contributed by atoms with Crippen LogP contribution < -0.4 is 0 Å². The average Bonchev–Trinajstić information content (AvgIpc) is 3.04. The molecular weight excluding hydrogens is 274 g/mol. The molecule has 2 atom stereocenters. The lowest BCUT2D eigenvalue weighted by Gasteiger charge is -2.15. The van der Waals surface area contributed by atoms with Crippen molar-refractivity contribution in [3.05, 3.63) is 11.8 Å². The summed E-state index contributed by atoms with van der Waals surface area (Å²) in [7, 11) is -0.697. The third kappa shape index (κ3) is 2.51. The van der Waals surface area contributed by atoms with Gasteiger partial charge in [-0.2, -0.15) is 9.40 Å². The van der Waals surface area contributed by atoms with Gasteiger partial charge in [-0.1, -0.05) is 0 Å². The zero-order chi connectivity index (χ0) is 14.0. The van der Waals surface area contributed by atoms with E-state index in [9.17, 15) is 8.42 Å². The van der Waals surface area contributed by atoms with Crippen molar-refractivity contribution in [1.82, 2.24) is 14.5 Å². The van der Waals surface area contributed by atoms with Gasteiger partial charge in [-0.05, 0) is 0 Å². The number of H-pyrrole nitrogens is 1. The number of rotatable bonds is 5. The third-order valence-electron chi connectivity index (χ3n) is 3.23. The topological polar surface area (TPSA) is 105 Å². The largest absolute Gasteiger partial charge is 0.392 e. The summed E-state index contributed by atoms with van der Waals surface area (Å²) >= 11 is 0. The summed E-state index contributed by atoms with van der Waals surface area (Å²) in [4.78, 5) is 0. The van der Waals surface area contributed by atoms with Crippen molar-refractivity contribution in [3.8, 4) is 0 Å². The fourth-order valence-electron chi connectivity index (χ4n) is 2.12. The highest BCUT2D eigenvalue weighted by molar-refractivity contribution is 7.89. The number of nitrogens with zero attached hydrogens (tertiary/aromatic N) is 2. The van der Waals surface area contributed by atoms with E-state index in [2.05, 4.69) is 10.2 Å². The first-order valence-corrected chi connectivity index (χ1v) is 7.17. The number of hydrogen-bond donors (Lipinski definition) is 2. The van der Waals surface area contributed by atoms with Gasteiger partial charge in [0.05, 0.1) is 25.0 Å². The third-order valence-corrected chi connectivity index (χ3v) is 5.08. The average molecular weight is 291 g/mol. The first-order chi connectivity index (χ1) is 9.04. The Morgan fingerprint density at radius 2 is 2.00 bits per heavy atom. The SMILES string of the molecule is COC1CN(S(=O)(=O)c2[nH]ncc2CO)CC1OC. The van der Waals surface area contributed by atoms with E-state index in [0.29, 0.717) is 0 Å². The molecule has 1 aromatic heterocycles. The highest BCUT2D eigenvalue weighted by Crippen LogP contribution is 2.24. The molecule has 19 heavy (non-hydrogen) atoms. The first kappa shape index (κ1) is 14.4. The predicted molar refractivity (Wildman–Crippen MR) is 64.9 cm³/mol. The molecule has 0 bridgehead atoms. The van der Waals surface area contributed by atoms with Gasteiger partial charge in [-0.25, -0.2) is 8.42 Å². The molecule has 0 saturated carbocycles. The van der Waals surface area contributed by atoms with Crippen molar-refractivity contribution >= 4 is 10.0 Å². The van der Waals surface area contributed by atoms with E-state index in [4.69, 9.17) is 14.6 Å². The summed E-state index contributed by atoms with van der Waals surface area (Å²) in [5, 5.41) is 15.1. The second kappa shape index (κ2) is 5.55. The van der Waals surface area contributed by atoms with E-state index in [1.54, 1.807) is 0 Å². The number of sulfonamides is 1. The van der Waals surface area contributed by atoms with Crippen molar-refractivity contribution in [3.63, 3.8) is 0 Å². The number of nitrogens with one attached hydrogen (secondary N) is 1. The number of hydrogen-bond acceptors (Lipinski definition) is 6. The molecular formula is C10H17N3O5S. The molecule has 1 fully saturated rings. The summed E-state index contributed by atoms with van der Waals surface area (Å²) in [5.74, 6) is 0. The summed E-state index contributed by atoms with van der Waals surface area (Å²) < 4.78 is 36.5. The molecule has 1 aliphatic heterocycles. The van der Waals surface area contributed by atoms with Gasteiger partial charge < -0.3 is 14.6 Å². The van der Waals surface area contributed by atoms with Crippen LogP contribution in [0.25, 0.3) is 0 Å². The maximum Gasteiger partial charge on any atom is 0.260 e. The molecule has 1 aromatic rings. The molecule has 2 N–H and O–H groups in total. The van der Waals surface area contributed by atoms with E-state index in [-0.39, 0.29) is 42.5 Å². The molecule has 9 heteroatoms. The molecule has 108 valence electrons. The van der Waals surface area contributed by atoms with Crippen LogP contribution in [0.4, 0.5) is 0 Å². The molecule has 0 spiro atoms. The van der Waals surface area contributed by atoms with E-state index >= 15 is 0 Å². The van der Waals surface area contributed by atoms with Crippen molar-refractivity contribution in [1.29, 1.82) is 0 Å². The van der Waals surface area contributed by atoms with Crippen molar-refractivity contribution < 1.29 is 23.0 Å². The van der Waals surface area contributed by atoms with Crippen LogP contribution >= 0.6 is 0 Å². The molecule has 0 aliphatic carbocycles. The highest BCUT2D eigenvalue weighted by Gasteiger charge is 2.41. The number of aromatic nitrogens is 2. The van der Waals surface area contributed by atoms with Gasteiger partial charge in [0.15, 0.2) is 5.03 Å². The van der Waals surface area contributed by atoms with Gasteiger partial charge in [0.25, 0.3) is 10.0 Å². The highest BCUT2D eigenvalue weighted by atomic mass is 32.2. The minimum absolute atomic E-state index is 0.0818. The molecule has 2 rings (SSSR count). The van der Waals surface area contributed by atoms with E-state index < -0.39 is 10.0 Å². The van der Waals surface area contributed by atoms with Crippen LogP contribution in [0.2, 0.25) is 0 Å². The molecule has 1 saturated heterocycles. The van der Waals surface area contributed by atoms with Crippen molar-refractivity contribution in [2.24, 2.45) is 0 Å². The molecule has 2 heterocycles. The van der Waals surface area contributed by atoms with Crippen LogP contribution in [0.3, 0.4) is 0 Å². The summed E-state index contributed by atoms with van der Waals surface area (Å²) in [5.41, 5.74) is 0.245. The summed E-state index contributed by atoms with van der Waals surface area (Å²) in [6.45, 7) is 0.0305. The molecule has 0 amide bonds. The van der Waals surface area contributed by atoms with Gasteiger partial charge >= 0.3 is 0 Å². The zero-order valence-electron chi connectivity index (χ0n) is 10.7. The van der Waals surface area contributed by atoms with Crippen LogP contribution in [0.1, 0.15) is 5.56 Å². The second-order valence-corrected chi connectivity index (χ2v) is 6.13. The van der Waals surface area contributed by atoms with Crippen LogP contribution in [-0.2, 0) is 26.1 Å². The Kier molecular flexibility index (Phi) is 4.21. The van der Waals surface area contributed by atoms with E-state index in [0.717, 1.165) is 0 Å². The minimum Gasteiger partial charge on any atom is -0.392 e. The number of methoxy groups -OCH3 is 2. The Balaban J connectivity index is 2.27. The lowest BCUT2D eigenvalue weighted by molar-refractivity contribution is -0.00461. The van der Waals surface area contributed by atoms with Crippen LogP contribution in [0.15, 0.2) is 11.2 Å². The van der Waals surface area contributed by atoms with Crippen molar-refractivity contribution in [2.75, 3.05) is 27.3 Å². The smallest absolute Gasteiger partial charge is 0.260 e. The van der Waals surface area contributed by atoms with E-state index in [1.807, 2.05) is 0 Å². The predicted octanol–water partition coefficient (Wildman–Crippen LogP) is -1.06.